The Morgan fingerprint density at radius 3 is 2.73 bits per heavy atom. The van der Waals surface area contributed by atoms with E-state index in [9.17, 15) is 4.79 Å². The van der Waals surface area contributed by atoms with Crippen LogP contribution in [-0.2, 0) is 6.61 Å². The number of rotatable bonds is 5. The number of hydrogen-bond acceptors (Lipinski definition) is 4. The Morgan fingerprint density at radius 1 is 1.19 bits per heavy atom. The van der Waals surface area contributed by atoms with Crippen LogP contribution >= 0.6 is 23.2 Å². The van der Waals surface area contributed by atoms with Crippen molar-refractivity contribution in [1.29, 1.82) is 0 Å². The molecule has 0 atom stereocenters. The summed E-state index contributed by atoms with van der Waals surface area (Å²) >= 11 is 12.0. The van der Waals surface area contributed by atoms with E-state index in [1.165, 1.54) is 0 Å². The molecule has 0 bridgehead atoms. The molecule has 1 aromatic heterocycles. The molecular weight excluding hydrogens is 375 g/mol. The fraction of sp³-hybridized carbons (Fsp3) is 0.158. The Balaban J connectivity index is 1.77. The summed E-state index contributed by atoms with van der Waals surface area (Å²) in [7, 11) is 0. The van der Waals surface area contributed by atoms with E-state index in [2.05, 4.69) is 10.5 Å². The third-order valence-electron chi connectivity index (χ3n) is 3.75. The zero-order valence-electron chi connectivity index (χ0n) is 14.2. The molecule has 3 aromatic rings. The van der Waals surface area contributed by atoms with E-state index in [4.69, 9.17) is 32.5 Å². The van der Waals surface area contributed by atoms with E-state index in [0.717, 1.165) is 5.56 Å². The molecule has 5 nitrogen and oxygen atoms in total. The van der Waals surface area contributed by atoms with Gasteiger partial charge in [-0.25, -0.2) is 0 Å². The van der Waals surface area contributed by atoms with Gasteiger partial charge < -0.3 is 14.6 Å². The van der Waals surface area contributed by atoms with Crippen LogP contribution in [0.25, 0.3) is 0 Å². The lowest BCUT2D eigenvalue weighted by atomic mass is 10.2. The molecule has 0 radical (unpaired) electrons. The number of nitrogens with one attached hydrogen (secondary N) is 1. The molecule has 0 saturated carbocycles. The Kier molecular flexibility index (Phi) is 5.49. The number of benzene rings is 2. The van der Waals surface area contributed by atoms with Crippen molar-refractivity contribution in [2.24, 2.45) is 0 Å². The highest BCUT2D eigenvalue weighted by molar-refractivity contribution is 6.36. The summed E-state index contributed by atoms with van der Waals surface area (Å²) in [4.78, 5) is 12.6. The van der Waals surface area contributed by atoms with Crippen LogP contribution in [0.5, 0.6) is 5.75 Å². The van der Waals surface area contributed by atoms with Crippen molar-refractivity contribution >= 4 is 34.8 Å². The van der Waals surface area contributed by atoms with Gasteiger partial charge in [0.25, 0.3) is 5.91 Å². The van der Waals surface area contributed by atoms with Gasteiger partial charge in [0.05, 0.1) is 16.3 Å². The number of halogens is 2. The molecule has 1 N–H and O–H groups in total. The average molecular weight is 391 g/mol. The monoisotopic (exact) mass is 390 g/mol. The maximum Gasteiger partial charge on any atom is 0.278 e. The zero-order chi connectivity index (χ0) is 18.7. The fourth-order valence-electron chi connectivity index (χ4n) is 2.37. The van der Waals surface area contributed by atoms with Crippen molar-refractivity contribution < 1.29 is 14.1 Å². The van der Waals surface area contributed by atoms with Gasteiger partial charge in [0, 0.05) is 5.02 Å². The third kappa shape index (κ3) is 4.18. The summed E-state index contributed by atoms with van der Waals surface area (Å²) in [5.41, 5.74) is 2.25. The van der Waals surface area contributed by atoms with Gasteiger partial charge in [-0.05, 0) is 49.7 Å². The van der Waals surface area contributed by atoms with Gasteiger partial charge in [-0.1, -0.05) is 40.5 Å². The molecule has 2 aromatic carbocycles. The van der Waals surface area contributed by atoms with E-state index in [1.807, 2.05) is 31.2 Å². The number of nitrogens with zero attached hydrogens (tertiary/aromatic N) is 1. The smallest absolute Gasteiger partial charge is 0.278 e. The molecule has 1 amide bonds. The molecule has 0 aliphatic heterocycles. The molecule has 26 heavy (non-hydrogen) atoms. The van der Waals surface area contributed by atoms with Crippen molar-refractivity contribution in [3.63, 3.8) is 0 Å². The van der Waals surface area contributed by atoms with E-state index in [0.29, 0.717) is 32.8 Å². The van der Waals surface area contributed by atoms with Gasteiger partial charge in [-0.2, -0.15) is 0 Å². The second kappa shape index (κ2) is 7.81. The first kappa shape index (κ1) is 18.3. The van der Waals surface area contributed by atoms with Crippen LogP contribution in [0.3, 0.4) is 0 Å². The molecule has 0 aliphatic rings. The second-order valence-corrected chi connectivity index (χ2v) is 6.59. The Labute approximate surface area is 160 Å². The number of amides is 1. The number of anilines is 1. The molecule has 0 unspecified atom stereocenters. The summed E-state index contributed by atoms with van der Waals surface area (Å²) in [6, 6.07) is 12.5. The third-order valence-corrected chi connectivity index (χ3v) is 4.30. The van der Waals surface area contributed by atoms with Gasteiger partial charge in [-0.15, -0.1) is 0 Å². The molecule has 1 heterocycles. The lowest BCUT2D eigenvalue weighted by Crippen LogP contribution is -2.15. The highest BCUT2D eigenvalue weighted by Crippen LogP contribution is 2.26. The summed E-state index contributed by atoms with van der Waals surface area (Å²) in [5.74, 6) is 0.789. The number of carbonyl (C=O) groups excluding carboxylic acids is 1. The minimum absolute atomic E-state index is 0.154. The average Bonchev–Trinajstić information content (AvgIpc) is 2.96. The molecule has 0 spiro atoms. The molecule has 7 heteroatoms. The highest BCUT2D eigenvalue weighted by Gasteiger charge is 2.21. The van der Waals surface area contributed by atoms with Crippen LogP contribution in [-0.4, -0.2) is 11.1 Å². The predicted octanol–water partition coefficient (Wildman–Crippen LogP) is 5.43. The number of ether oxygens (including phenoxy) is 1. The minimum atomic E-state index is -0.436. The molecule has 0 aliphatic carbocycles. The highest BCUT2D eigenvalue weighted by atomic mass is 35.5. The number of hydrogen-bond donors (Lipinski definition) is 1. The van der Waals surface area contributed by atoms with E-state index >= 15 is 0 Å². The van der Waals surface area contributed by atoms with Crippen LogP contribution in [0.4, 0.5) is 5.69 Å². The van der Waals surface area contributed by atoms with Gasteiger partial charge in [0.2, 0.25) is 0 Å². The van der Waals surface area contributed by atoms with E-state index in [1.54, 1.807) is 25.1 Å². The largest absolute Gasteiger partial charge is 0.489 e. The lowest BCUT2D eigenvalue weighted by molar-refractivity contribution is 0.101. The van der Waals surface area contributed by atoms with Crippen LogP contribution < -0.4 is 10.1 Å². The van der Waals surface area contributed by atoms with Crippen molar-refractivity contribution in [3.8, 4) is 5.75 Å². The predicted molar refractivity (Wildman–Crippen MR) is 101 cm³/mol. The molecule has 0 fully saturated rings. The first-order chi connectivity index (χ1) is 12.4. The van der Waals surface area contributed by atoms with Crippen molar-refractivity contribution in [2.45, 2.75) is 20.5 Å². The van der Waals surface area contributed by atoms with Crippen molar-refractivity contribution in [2.75, 3.05) is 5.32 Å². The van der Waals surface area contributed by atoms with Gasteiger partial charge in [0.1, 0.15) is 18.1 Å². The lowest BCUT2D eigenvalue weighted by Gasteiger charge is -2.09. The topological polar surface area (TPSA) is 64.4 Å². The maximum atomic E-state index is 12.6. The van der Waals surface area contributed by atoms with Crippen LogP contribution in [0, 0.1) is 13.8 Å². The minimum Gasteiger partial charge on any atom is -0.489 e. The van der Waals surface area contributed by atoms with Crippen molar-refractivity contribution in [1.82, 2.24) is 5.16 Å². The molecule has 0 saturated heterocycles. The first-order valence-corrected chi connectivity index (χ1v) is 8.60. The maximum absolute atomic E-state index is 12.6. The zero-order valence-corrected chi connectivity index (χ0v) is 15.7. The standard InChI is InChI=1S/C19H16Cl2N2O3/c1-11-4-3-5-14(8-11)25-10-15-12(2)26-23-18(15)19(24)22-17-7-6-13(20)9-16(17)21/h3-9H,10H2,1-2H3,(H,22,24). The van der Waals surface area contributed by atoms with Crippen LogP contribution in [0.2, 0.25) is 10.0 Å². The number of aryl methyl sites for hydroxylation is 2. The summed E-state index contributed by atoms with van der Waals surface area (Å²) in [6.45, 7) is 3.87. The molecular formula is C19H16Cl2N2O3. The molecule has 3 rings (SSSR count). The van der Waals surface area contributed by atoms with E-state index in [-0.39, 0.29) is 12.3 Å². The van der Waals surface area contributed by atoms with Crippen LogP contribution in [0.1, 0.15) is 27.4 Å². The first-order valence-electron chi connectivity index (χ1n) is 7.85. The summed E-state index contributed by atoms with van der Waals surface area (Å²) in [5, 5.41) is 7.38. The van der Waals surface area contributed by atoms with Gasteiger partial charge in [-0.3, -0.25) is 4.79 Å². The Bertz CT molecular complexity index is 954. The Hall–Kier alpha value is -2.50. The van der Waals surface area contributed by atoms with Crippen LogP contribution in [0.15, 0.2) is 47.0 Å². The van der Waals surface area contributed by atoms with Gasteiger partial charge in [0.15, 0.2) is 5.69 Å². The van der Waals surface area contributed by atoms with E-state index < -0.39 is 5.91 Å². The summed E-state index contributed by atoms with van der Waals surface area (Å²) in [6.07, 6.45) is 0. The number of aromatic nitrogens is 1. The second-order valence-electron chi connectivity index (χ2n) is 5.75. The molecule has 134 valence electrons. The SMILES string of the molecule is Cc1cccc(OCc2c(C(=O)Nc3ccc(Cl)cc3Cl)noc2C)c1. The van der Waals surface area contributed by atoms with Crippen molar-refractivity contribution in [3.05, 3.63) is 75.1 Å². The number of carbonyl (C=O) groups is 1. The summed E-state index contributed by atoms with van der Waals surface area (Å²) < 4.78 is 10.9. The fourth-order valence-corrected chi connectivity index (χ4v) is 2.83. The Morgan fingerprint density at radius 2 is 2.00 bits per heavy atom. The quantitative estimate of drug-likeness (QED) is 0.630. The van der Waals surface area contributed by atoms with Gasteiger partial charge >= 0.3 is 0 Å². The normalized spacial score (nSPS) is 10.6.